The standard InChI is InChI=1S/C20H19N3O3/c1-25-16-6-4-15(5-7-16)20(8-9-20)19(24)22-13-17-11-18(23-26-17)14-3-2-10-21-12-14/h2-7,10-12H,8-9,13H2,1H3,(H,22,24). The van der Waals surface area contributed by atoms with Crippen LogP contribution in [0.2, 0.25) is 0 Å². The number of aromatic nitrogens is 2. The second-order valence-corrected chi connectivity index (χ2v) is 6.41. The molecule has 1 N–H and O–H groups in total. The monoisotopic (exact) mass is 349 g/mol. The van der Waals surface area contributed by atoms with Crippen LogP contribution in [0, 0.1) is 0 Å². The molecule has 0 bridgehead atoms. The number of benzene rings is 1. The molecule has 1 aliphatic rings. The van der Waals surface area contributed by atoms with Gasteiger partial charge in [-0.1, -0.05) is 17.3 Å². The first-order valence-electron chi connectivity index (χ1n) is 8.50. The van der Waals surface area contributed by atoms with Gasteiger partial charge in [0.2, 0.25) is 5.91 Å². The Morgan fingerprint density at radius 1 is 1.27 bits per heavy atom. The molecule has 26 heavy (non-hydrogen) atoms. The lowest BCUT2D eigenvalue weighted by atomic mass is 9.95. The van der Waals surface area contributed by atoms with E-state index in [0.29, 0.717) is 18.0 Å². The number of nitrogens with one attached hydrogen (secondary N) is 1. The summed E-state index contributed by atoms with van der Waals surface area (Å²) < 4.78 is 10.5. The number of hydrogen-bond donors (Lipinski definition) is 1. The maximum absolute atomic E-state index is 12.7. The van der Waals surface area contributed by atoms with Crippen molar-refractivity contribution in [3.8, 4) is 17.0 Å². The zero-order chi connectivity index (χ0) is 18.0. The van der Waals surface area contributed by atoms with Crippen LogP contribution in [0.1, 0.15) is 24.2 Å². The van der Waals surface area contributed by atoms with Gasteiger partial charge in [0.05, 0.1) is 19.1 Å². The molecule has 4 rings (SSSR count). The molecule has 2 aromatic heterocycles. The van der Waals surface area contributed by atoms with Crippen molar-refractivity contribution >= 4 is 5.91 Å². The fourth-order valence-corrected chi connectivity index (χ4v) is 3.07. The van der Waals surface area contributed by atoms with Gasteiger partial charge in [-0.05, 0) is 42.7 Å². The third kappa shape index (κ3) is 3.06. The smallest absolute Gasteiger partial charge is 0.231 e. The molecule has 132 valence electrons. The minimum atomic E-state index is -0.432. The third-order valence-electron chi connectivity index (χ3n) is 4.77. The third-order valence-corrected chi connectivity index (χ3v) is 4.77. The summed E-state index contributed by atoms with van der Waals surface area (Å²) >= 11 is 0. The lowest BCUT2D eigenvalue weighted by molar-refractivity contribution is -0.123. The normalized spacial score (nSPS) is 14.7. The Labute approximate surface area is 151 Å². The van der Waals surface area contributed by atoms with Crippen molar-refractivity contribution in [2.24, 2.45) is 0 Å². The van der Waals surface area contributed by atoms with E-state index in [-0.39, 0.29) is 5.91 Å². The average Bonchev–Trinajstić information content (AvgIpc) is 3.38. The van der Waals surface area contributed by atoms with Gasteiger partial charge in [0.1, 0.15) is 11.4 Å². The Hall–Kier alpha value is -3.15. The van der Waals surface area contributed by atoms with Gasteiger partial charge in [-0.15, -0.1) is 0 Å². The van der Waals surface area contributed by atoms with Crippen molar-refractivity contribution in [2.75, 3.05) is 7.11 Å². The highest BCUT2D eigenvalue weighted by Gasteiger charge is 2.51. The molecular formula is C20H19N3O3. The van der Waals surface area contributed by atoms with Crippen molar-refractivity contribution < 1.29 is 14.1 Å². The summed E-state index contributed by atoms with van der Waals surface area (Å²) in [4.78, 5) is 16.8. The van der Waals surface area contributed by atoms with Crippen LogP contribution in [0.5, 0.6) is 5.75 Å². The van der Waals surface area contributed by atoms with Gasteiger partial charge in [-0.3, -0.25) is 9.78 Å². The fourth-order valence-electron chi connectivity index (χ4n) is 3.07. The van der Waals surface area contributed by atoms with E-state index in [1.54, 1.807) is 19.5 Å². The van der Waals surface area contributed by atoms with Gasteiger partial charge in [0.25, 0.3) is 0 Å². The molecule has 1 saturated carbocycles. The van der Waals surface area contributed by atoms with E-state index < -0.39 is 5.41 Å². The molecule has 0 saturated heterocycles. The highest BCUT2D eigenvalue weighted by atomic mass is 16.5. The van der Waals surface area contributed by atoms with E-state index in [1.165, 1.54) is 0 Å². The molecule has 0 radical (unpaired) electrons. The first kappa shape index (κ1) is 16.3. The van der Waals surface area contributed by atoms with Gasteiger partial charge in [0, 0.05) is 24.0 Å². The molecule has 0 spiro atoms. The van der Waals surface area contributed by atoms with Gasteiger partial charge in [-0.2, -0.15) is 0 Å². The van der Waals surface area contributed by atoms with Gasteiger partial charge < -0.3 is 14.6 Å². The Bertz CT molecular complexity index is 900. The van der Waals surface area contributed by atoms with Crippen LogP contribution in [0.25, 0.3) is 11.3 Å². The first-order chi connectivity index (χ1) is 12.7. The molecule has 1 aromatic carbocycles. The largest absolute Gasteiger partial charge is 0.497 e. The summed E-state index contributed by atoms with van der Waals surface area (Å²) in [7, 11) is 1.63. The van der Waals surface area contributed by atoms with E-state index in [2.05, 4.69) is 15.5 Å². The van der Waals surface area contributed by atoms with E-state index in [1.807, 2.05) is 42.5 Å². The molecule has 0 unspecified atom stereocenters. The zero-order valence-corrected chi connectivity index (χ0v) is 14.4. The van der Waals surface area contributed by atoms with Crippen molar-refractivity contribution in [3.05, 3.63) is 66.2 Å². The van der Waals surface area contributed by atoms with Gasteiger partial charge in [0.15, 0.2) is 5.76 Å². The Balaban J connectivity index is 1.42. The van der Waals surface area contributed by atoms with Crippen molar-refractivity contribution in [3.63, 3.8) is 0 Å². The van der Waals surface area contributed by atoms with Crippen LogP contribution in [0.15, 0.2) is 59.4 Å². The average molecular weight is 349 g/mol. The molecule has 2 heterocycles. The maximum Gasteiger partial charge on any atom is 0.231 e. The molecule has 1 amide bonds. The number of carbonyl (C=O) groups excluding carboxylic acids is 1. The molecule has 1 fully saturated rings. The SMILES string of the molecule is COc1ccc(C2(C(=O)NCc3cc(-c4cccnc4)no3)CC2)cc1. The van der Waals surface area contributed by atoms with E-state index in [4.69, 9.17) is 9.26 Å². The topological polar surface area (TPSA) is 77.2 Å². The van der Waals surface area contributed by atoms with E-state index >= 15 is 0 Å². The lowest BCUT2D eigenvalue weighted by Crippen LogP contribution is -2.34. The molecule has 0 atom stereocenters. The van der Waals surface area contributed by atoms with Crippen molar-refractivity contribution in [1.82, 2.24) is 15.5 Å². The summed E-state index contributed by atoms with van der Waals surface area (Å²) in [6.45, 7) is 0.310. The lowest BCUT2D eigenvalue weighted by Gasteiger charge is -2.15. The highest BCUT2D eigenvalue weighted by molar-refractivity contribution is 5.91. The van der Waals surface area contributed by atoms with Crippen LogP contribution in [-0.2, 0) is 16.8 Å². The molecule has 6 heteroatoms. The molecule has 6 nitrogen and oxygen atoms in total. The quantitative estimate of drug-likeness (QED) is 0.740. The number of pyridine rings is 1. The maximum atomic E-state index is 12.7. The van der Waals surface area contributed by atoms with Crippen molar-refractivity contribution in [1.29, 1.82) is 0 Å². The van der Waals surface area contributed by atoms with Crippen LogP contribution >= 0.6 is 0 Å². The predicted octanol–water partition coefficient (Wildman–Crippen LogP) is 3.09. The number of hydrogen-bond acceptors (Lipinski definition) is 5. The summed E-state index contributed by atoms with van der Waals surface area (Å²) in [5.74, 6) is 1.42. The second kappa shape index (κ2) is 6.63. The molecular weight excluding hydrogens is 330 g/mol. The number of rotatable bonds is 6. The van der Waals surface area contributed by atoms with Gasteiger partial charge in [-0.25, -0.2) is 0 Å². The van der Waals surface area contributed by atoms with Gasteiger partial charge >= 0.3 is 0 Å². The molecule has 3 aromatic rings. The number of nitrogens with zero attached hydrogens (tertiary/aromatic N) is 2. The summed E-state index contributed by atoms with van der Waals surface area (Å²) in [5, 5.41) is 7.01. The molecule has 0 aliphatic heterocycles. The molecule has 1 aliphatic carbocycles. The number of ether oxygens (including phenoxy) is 1. The Kier molecular flexibility index (Phi) is 4.16. The zero-order valence-electron chi connectivity index (χ0n) is 14.4. The van der Waals surface area contributed by atoms with Crippen molar-refractivity contribution in [2.45, 2.75) is 24.8 Å². The Morgan fingerprint density at radius 3 is 2.73 bits per heavy atom. The minimum absolute atomic E-state index is 0.0157. The van der Waals surface area contributed by atoms with Crippen LogP contribution < -0.4 is 10.1 Å². The highest BCUT2D eigenvalue weighted by Crippen LogP contribution is 2.48. The first-order valence-corrected chi connectivity index (χ1v) is 8.50. The fraction of sp³-hybridized carbons (Fsp3) is 0.250. The Morgan fingerprint density at radius 2 is 2.08 bits per heavy atom. The number of methoxy groups -OCH3 is 1. The predicted molar refractivity (Wildman–Crippen MR) is 95.5 cm³/mol. The second-order valence-electron chi connectivity index (χ2n) is 6.41. The minimum Gasteiger partial charge on any atom is -0.497 e. The van der Waals surface area contributed by atoms with E-state index in [9.17, 15) is 4.79 Å². The van der Waals surface area contributed by atoms with Crippen LogP contribution in [0.4, 0.5) is 0 Å². The van der Waals surface area contributed by atoms with E-state index in [0.717, 1.165) is 29.7 Å². The summed E-state index contributed by atoms with van der Waals surface area (Å²) in [6, 6.07) is 13.3. The van der Waals surface area contributed by atoms with Crippen LogP contribution in [0.3, 0.4) is 0 Å². The summed E-state index contributed by atoms with van der Waals surface area (Å²) in [5.41, 5.74) is 2.17. The number of carbonyl (C=O) groups is 1. The van der Waals surface area contributed by atoms with Crippen LogP contribution in [-0.4, -0.2) is 23.2 Å². The summed E-state index contributed by atoms with van der Waals surface area (Å²) in [6.07, 6.45) is 5.13. The number of amides is 1.